The zero-order valence-electron chi connectivity index (χ0n) is 11.9. The van der Waals surface area contributed by atoms with Crippen molar-refractivity contribution in [2.24, 2.45) is 0 Å². The third-order valence-electron chi connectivity index (χ3n) is 3.10. The van der Waals surface area contributed by atoms with E-state index in [0.29, 0.717) is 6.04 Å². The Bertz CT molecular complexity index is 339. The van der Waals surface area contributed by atoms with Gasteiger partial charge in [0.15, 0.2) is 0 Å². The molecule has 0 atom stereocenters. The minimum absolute atomic E-state index is 0.520. The van der Waals surface area contributed by atoms with Gasteiger partial charge in [-0.1, -0.05) is 18.2 Å². The van der Waals surface area contributed by atoms with Crippen LogP contribution in [0.3, 0.4) is 0 Å². The van der Waals surface area contributed by atoms with Crippen LogP contribution in [0.5, 0.6) is 0 Å². The molecule has 0 aromatic heterocycles. The molecule has 1 aromatic rings. The number of hydrogen-bond acceptors (Lipinski definition) is 3. The molecule has 0 fully saturated rings. The maximum absolute atomic E-state index is 5.99. The Morgan fingerprint density at radius 1 is 1.28 bits per heavy atom. The van der Waals surface area contributed by atoms with Crippen LogP contribution in [-0.4, -0.2) is 30.7 Å². The zero-order valence-corrected chi connectivity index (χ0v) is 11.9. The van der Waals surface area contributed by atoms with E-state index in [1.807, 2.05) is 25.1 Å². The summed E-state index contributed by atoms with van der Waals surface area (Å²) in [6, 6.07) is 8.62. The number of rotatable bonds is 8. The first-order valence-electron chi connectivity index (χ1n) is 6.80. The largest absolute Gasteiger partial charge is 0.398 e. The Balaban J connectivity index is 2.50. The van der Waals surface area contributed by atoms with E-state index < -0.39 is 0 Å². The van der Waals surface area contributed by atoms with Crippen molar-refractivity contribution < 1.29 is 4.74 Å². The van der Waals surface area contributed by atoms with E-state index in [4.69, 9.17) is 10.5 Å². The van der Waals surface area contributed by atoms with Gasteiger partial charge in [-0.2, -0.15) is 0 Å². The highest BCUT2D eigenvalue weighted by atomic mass is 16.5. The van der Waals surface area contributed by atoms with E-state index in [9.17, 15) is 0 Å². The summed E-state index contributed by atoms with van der Waals surface area (Å²) in [5, 5.41) is 0. The van der Waals surface area contributed by atoms with Crippen molar-refractivity contribution in [1.82, 2.24) is 4.90 Å². The van der Waals surface area contributed by atoms with Crippen LogP contribution in [0, 0.1) is 0 Å². The number of nitrogen functional groups attached to an aromatic ring is 1. The van der Waals surface area contributed by atoms with Crippen LogP contribution in [0.15, 0.2) is 24.3 Å². The number of nitrogens with two attached hydrogens (primary N) is 1. The summed E-state index contributed by atoms with van der Waals surface area (Å²) >= 11 is 0. The average molecular weight is 250 g/mol. The van der Waals surface area contributed by atoms with Crippen molar-refractivity contribution in [3.8, 4) is 0 Å². The lowest BCUT2D eigenvalue weighted by molar-refractivity contribution is 0.123. The molecule has 0 saturated heterocycles. The SMILES string of the molecule is CCOCCCN(Cc1ccccc1N)C(C)C. The standard InChI is InChI=1S/C15H26N2O/c1-4-18-11-7-10-17(13(2)3)12-14-8-5-6-9-15(14)16/h5-6,8-9,13H,4,7,10-12,16H2,1-3H3. The van der Waals surface area contributed by atoms with E-state index >= 15 is 0 Å². The summed E-state index contributed by atoms with van der Waals surface area (Å²) in [7, 11) is 0. The monoisotopic (exact) mass is 250 g/mol. The molecule has 0 heterocycles. The fourth-order valence-corrected chi connectivity index (χ4v) is 1.93. The predicted molar refractivity (Wildman–Crippen MR) is 77.5 cm³/mol. The van der Waals surface area contributed by atoms with Crippen LogP contribution < -0.4 is 5.73 Å². The Morgan fingerprint density at radius 2 is 2.00 bits per heavy atom. The zero-order chi connectivity index (χ0) is 13.4. The number of benzene rings is 1. The first kappa shape index (κ1) is 15.0. The number of hydrogen-bond donors (Lipinski definition) is 1. The Kier molecular flexibility index (Phi) is 6.76. The average Bonchev–Trinajstić information content (AvgIpc) is 2.35. The van der Waals surface area contributed by atoms with E-state index in [-0.39, 0.29) is 0 Å². The van der Waals surface area contributed by atoms with Crippen LogP contribution in [-0.2, 0) is 11.3 Å². The van der Waals surface area contributed by atoms with Gasteiger partial charge in [0.2, 0.25) is 0 Å². The first-order chi connectivity index (χ1) is 8.65. The molecule has 2 N–H and O–H groups in total. The number of para-hydroxylation sites is 1. The van der Waals surface area contributed by atoms with Crippen LogP contribution in [0.2, 0.25) is 0 Å². The quantitative estimate of drug-likeness (QED) is 0.569. The van der Waals surface area contributed by atoms with E-state index in [1.54, 1.807) is 0 Å². The van der Waals surface area contributed by atoms with Crippen molar-refractivity contribution >= 4 is 5.69 Å². The summed E-state index contributed by atoms with van der Waals surface area (Å²) in [6.45, 7) is 10.1. The van der Waals surface area contributed by atoms with Crippen molar-refractivity contribution in [2.75, 3.05) is 25.5 Å². The van der Waals surface area contributed by atoms with Crippen molar-refractivity contribution in [3.63, 3.8) is 0 Å². The van der Waals surface area contributed by atoms with Gasteiger partial charge in [0.25, 0.3) is 0 Å². The van der Waals surface area contributed by atoms with Gasteiger partial charge >= 0.3 is 0 Å². The van der Waals surface area contributed by atoms with Gasteiger partial charge in [0.1, 0.15) is 0 Å². The molecule has 0 unspecified atom stereocenters. The molecule has 3 nitrogen and oxygen atoms in total. The molecule has 18 heavy (non-hydrogen) atoms. The molecule has 0 radical (unpaired) electrons. The second-order valence-corrected chi connectivity index (χ2v) is 4.81. The van der Waals surface area contributed by atoms with E-state index in [0.717, 1.165) is 38.4 Å². The molecule has 0 bridgehead atoms. The molecule has 1 aromatic carbocycles. The third-order valence-corrected chi connectivity index (χ3v) is 3.10. The van der Waals surface area contributed by atoms with Crippen LogP contribution in [0.1, 0.15) is 32.8 Å². The highest BCUT2D eigenvalue weighted by molar-refractivity contribution is 5.46. The molecular formula is C15H26N2O. The van der Waals surface area contributed by atoms with Crippen LogP contribution >= 0.6 is 0 Å². The van der Waals surface area contributed by atoms with Crippen LogP contribution in [0.25, 0.3) is 0 Å². The van der Waals surface area contributed by atoms with Gasteiger partial charge in [0.05, 0.1) is 0 Å². The van der Waals surface area contributed by atoms with E-state index in [2.05, 4.69) is 24.8 Å². The normalized spacial score (nSPS) is 11.4. The second kappa shape index (κ2) is 8.11. The maximum atomic E-state index is 5.99. The molecule has 0 aliphatic carbocycles. The molecule has 0 aliphatic heterocycles. The summed E-state index contributed by atoms with van der Waals surface area (Å²) in [6.07, 6.45) is 1.07. The maximum Gasteiger partial charge on any atom is 0.0478 e. The molecule has 3 heteroatoms. The topological polar surface area (TPSA) is 38.5 Å². The highest BCUT2D eigenvalue weighted by Gasteiger charge is 2.11. The second-order valence-electron chi connectivity index (χ2n) is 4.81. The lowest BCUT2D eigenvalue weighted by Gasteiger charge is -2.27. The number of nitrogens with zero attached hydrogens (tertiary/aromatic N) is 1. The van der Waals surface area contributed by atoms with Crippen molar-refractivity contribution in [2.45, 2.75) is 39.8 Å². The van der Waals surface area contributed by atoms with Gasteiger partial charge < -0.3 is 10.5 Å². The predicted octanol–water partition coefficient (Wildman–Crippen LogP) is 2.91. The molecule has 0 spiro atoms. The lowest BCUT2D eigenvalue weighted by Crippen LogP contribution is -2.32. The fraction of sp³-hybridized carbons (Fsp3) is 0.600. The Hall–Kier alpha value is -1.06. The van der Waals surface area contributed by atoms with Gasteiger partial charge in [-0.15, -0.1) is 0 Å². The minimum atomic E-state index is 0.520. The summed E-state index contributed by atoms with van der Waals surface area (Å²) in [5.74, 6) is 0. The lowest BCUT2D eigenvalue weighted by atomic mass is 10.1. The highest BCUT2D eigenvalue weighted by Crippen LogP contribution is 2.15. The molecule has 0 aliphatic rings. The van der Waals surface area contributed by atoms with Crippen molar-refractivity contribution in [3.05, 3.63) is 29.8 Å². The van der Waals surface area contributed by atoms with E-state index in [1.165, 1.54) is 5.56 Å². The van der Waals surface area contributed by atoms with Gasteiger partial charge in [-0.25, -0.2) is 0 Å². The third kappa shape index (κ3) is 5.07. The molecular weight excluding hydrogens is 224 g/mol. The van der Waals surface area contributed by atoms with Gasteiger partial charge in [0, 0.05) is 38.0 Å². The molecule has 0 amide bonds. The summed E-state index contributed by atoms with van der Waals surface area (Å²) < 4.78 is 5.39. The smallest absolute Gasteiger partial charge is 0.0478 e. The Labute approximate surface area is 111 Å². The van der Waals surface area contributed by atoms with Crippen LogP contribution in [0.4, 0.5) is 5.69 Å². The van der Waals surface area contributed by atoms with Crippen molar-refractivity contribution in [1.29, 1.82) is 0 Å². The van der Waals surface area contributed by atoms with Gasteiger partial charge in [-0.3, -0.25) is 4.90 Å². The molecule has 102 valence electrons. The number of anilines is 1. The summed E-state index contributed by atoms with van der Waals surface area (Å²) in [4.78, 5) is 2.44. The fourth-order valence-electron chi connectivity index (χ4n) is 1.93. The number of ether oxygens (including phenoxy) is 1. The molecule has 1 rings (SSSR count). The van der Waals surface area contributed by atoms with Gasteiger partial charge in [-0.05, 0) is 38.8 Å². The Morgan fingerprint density at radius 3 is 2.61 bits per heavy atom. The first-order valence-corrected chi connectivity index (χ1v) is 6.80. The summed E-state index contributed by atoms with van der Waals surface area (Å²) in [5.41, 5.74) is 8.09. The molecule has 0 saturated carbocycles. The minimum Gasteiger partial charge on any atom is -0.398 e.